The van der Waals surface area contributed by atoms with Crippen molar-refractivity contribution in [1.29, 1.82) is 0 Å². The van der Waals surface area contributed by atoms with Crippen LogP contribution in [0, 0.1) is 0 Å². The van der Waals surface area contributed by atoms with E-state index in [2.05, 4.69) is 12.2 Å². The van der Waals surface area contributed by atoms with Gasteiger partial charge in [-0.3, -0.25) is 9.59 Å². The van der Waals surface area contributed by atoms with Crippen molar-refractivity contribution in [2.75, 3.05) is 12.3 Å². The highest BCUT2D eigenvalue weighted by Crippen LogP contribution is 2.22. The number of nitrogens with zero attached hydrogens (tertiary/aromatic N) is 1. The summed E-state index contributed by atoms with van der Waals surface area (Å²) in [5.41, 5.74) is 1.88. The number of amides is 2. The number of carbonyl (C=O) groups is 2. The quantitative estimate of drug-likeness (QED) is 0.440. The molecule has 1 atom stereocenters. The fourth-order valence-corrected chi connectivity index (χ4v) is 4.31. The topological polar surface area (TPSA) is 49.4 Å². The fourth-order valence-electron chi connectivity index (χ4n) is 2.90. The monoisotopic (exact) mass is 466 g/mol. The lowest BCUT2D eigenvalue weighted by atomic mass is 10.1. The Morgan fingerprint density at radius 3 is 2.60 bits per heavy atom. The fraction of sp³-hybridized carbons (Fsp3) is 0.391. The van der Waals surface area contributed by atoms with Crippen molar-refractivity contribution in [2.24, 2.45) is 0 Å². The van der Waals surface area contributed by atoms with Gasteiger partial charge in [0.15, 0.2) is 0 Å². The Hall–Kier alpha value is -1.69. The molecular weight excluding hydrogens is 439 g/mol. The number of halogens is 2. The second kappa shape index (κ2) is 12.9. The van der Waals surface area contributed by atoms with Crippen molar-refractivity contribution >= 4 is 46.8 Å². The van der Waals surface area contributed by atoms with Gasteiger partial charge in [-0.2, -0.15) is 0 Å². The molecule has 1 unspecified atom stereocenters. The number of hydrogen-bond donors (Lipinski definition) is 1. The van der Waals surface area contributed by atoms with E-state index < -0.39 is 6.04 Å². The maximum absolute atomic E-state index is 13.0. The average molecular weight is 467 g/mol. The van der Waals surface area contributed by atoms with Crippen LogP contribution in [0.15, 0.2) is 48.5 Å². The molecule has 0 fully saturated rings. The molecule has 30 heavy (non-hydrogen) atoms. The highest BCUT2D eigenvalue weighted by atomic mass is 35.5. The summed E-state index contributed by atoms with van der Waals surface area (Å²) in [6.07, 6.45) is 1.91. The molecule has 0 aliphatic carbocycles. The van der Waals surface area contributed by atoms with Crippen LogP contribution in [0.5, 0.6) is 0 Å². The van der Waals surface area contributed by atoms with Gasteiger partial charge in [-0.05, 0) is 42.7 Å². The van der Waals surface area contributed by atoms with Crippen molar-refractivity contribution in [2.45, 2.75) is 45.0 Å². The van der Waals surface area contributed by atoms with E-state index >= 15 is 0 Å². The molecule has 0 radical (unpaired) electrons. The zero-order valence-corrected chi connectivity index (χ0v) is 19.7. The number of nitrogens with one attached hydrogen (secondary N) is 1. The number of carbonyl (C=O) groups excluding carboxylic acids is 2. The lowest BCUT2D eigenvalue weighted by molar-refractivity contribution is -0.138. The Balaban J connectivity index is 2.05. The first-order valence-electron chi connectivity index (χ1n) is 10.0. The smallest absolute Gasteiger partial charge is 0.242 e. The van der Waals surface area contributed by atoms with E-state index in [1.54, 1.807) is 17.9 Å². The van der Waals surface area contributed by atoms with Crippen LogP contribution in [0.2, 0.25) is 10.0 Å². The highest BCUT2D eigenvalue weighted by molar-refractivity contribution is 7.99. The van der Waals surface area contributed by atoms with Crippen LogP contribution in [0.25, 0.3) is 0 Å². The predicted molar refractivity (Wildman–Crippen MR) is 127 cm³/mol. The molecule has 2 amide bonds. The largest absolute Gasteiger partial charge is 0.354 e. The van der Waals surface area contributed by atoms with Gasteiger partial charge in [-0.15, -0.1) is 11.8 Å². The minimum absolute atomic E-state index is 0.0924. The van der Waals surface area contributed by atoms with Gasteiger partial charge in [0.2, 0.25) is 11.8 Å². The minimum Gasteiger partial charge on any atom is -0.354 e. The standard InChI is InChI=1S/C23H28Cl2N2O2S/c1-3-4-12-26-23(29)17(2)27(14-18-8-7-10-20(24)13-18)22(28)16-30-15-19-9-5-6-11-21(19)25/h5-11,13,17H,3-4,12,14-16H2,1-2H3,(H,26,29). The SMILES string of the molecule is CCCCNC(=O)C(C)N(Cc1cccc(Cl)c1)C(=O)CSCc1ccccc1Cl. The molecule has 2 aromatic carbocycles. The van der Waals surface area contributed by atoms with Crippen molar-refractivity contribution in [3.63, 3.8) is 0 Å². The summed E-state index contributed by atoms with van der Waals surface area (Å²) < 4.78 is 0. The number of unbranched alkanes of at least 4 members (excludes halogenated alkanes) is 1. The predicted octanol–water partition coefficient (Wildman–Crippen LogP) is 5.56. The molecule has 0 heterocycles. The molecule has 0 aromatic heterocycles. The Morgan fingerprint density at radius 2 is 1.90 bits per heavy atom. The Labute approximate surface area is 193 Å². The second-order valence-electron chi connectivity index (χ2n) is 7.06. The minimum atomic E-state index is -0.575. The maximum Gasteiger partial charge on any atom is 0.242 e. The first kappa shape index (κ1) is 24.6. The molecule has 4 nitrogen and oxygen atoms in total. The molecule has 2 rings (SSSR count). The first-order chi connectivity index (χ1) is 14.4. The molecule has 0 bridgehead atoms. The molecule has 0 spiro atoms. The zero-order chi connectivity index (χ0) is 21.9. The van der Waals surface area contributed by atoms with E-state index in [0.29, 0.717) is 28.9 Å². The normalized spacial score (nSPS) is 11.7. The Morgan fingerprint density at radius 1 is 1.13 bits per heavy atom. The lowest BCUT2D eigenvalue weighted by Gasteiger charge is -2.29. The van der Waals surface area contributed by atoms with Crippen molar-refractivity contribution in [3.8, 4) is 0 Å². The third-order valence-electron chi connectivity index (χ3n) is 4.68. The van der Waals surface area contributed by atoms with E-state index in [4.69, 9.17) is 23.2 Å². The van der Waals surface area contributed by atoms with Gasteiger partial charge in [0.05, 0.1) is 5.75 Å². The zero-order valence-electron chi connectivity index (χ0n) is 17.4. The van der Waals surface area contributed by atoms with Crippen molar-refractivity contribution < 1.29 is 9.59 Å². The van der Waals surface area contributed by atoms with Crippen LogP contribution in [0.4, 0.5) is 0 Å². The molecular formula is C23H28Cl2N2O2S. The summed E-state index contributed by atoms with van der Waals surface area (Å²) in [5, 5.41) is 4.22. The van der Waals surface area contributed by atoms with Crippen molar-refractivity contribution in [1.82, 2.24) is 10.2 Å². The third kappa shape index (κ3) is 7.86. The van der Waals surface area contributed by atoms with E-state index in [1.807, 2.05) is 42.5 Å². The van der Waals surface area contributed by atoms with Crippen LogP contribution < -0.4 is 5.32 Å². The number of hydrogen-bond acceptors (Lipinski definition) is 3. The Kier molecular flexibility index (Phi) is 10.6. The van der Waals surface area contributed by atoms with Crippen LogP contribution in [0.3, 0.4) is 0 Å². The molecule has 0 aliphatic heterocycles. The van der Waals surface area contributed by atoms with Crippen LogP contribution in [0.1, 0.15) is 37.8 Å². The average Bonchev–Trinajstić information content (AvgIpc) is 2.73. The van der Waals surface area contributed by atoms with Gasteiger partial charge in [0.1, 0.15) is 6.04 Å². The first-order valence-corrected chi connectivity index (χ1v) is 12.0. The van der Waals surface area contributed by atoms with E-state index in [1.165, 1.54) is 11.8 Å². The van der Waals surface area contributed by atoms with Gasteiger partial charge >= 0.3 is 0 Å². The van der Waals surface area contributed by atoms with Crippen LogP contribution >= 0.6 is 35.0 Å². The molecule has 0 saturated heterocycles. The summed E-state index contributed by atoms with van der Waals surface area (Å²) in [6.45, 7) is 4.78. The van der Waals surface area contributed by atoms with Gasteiger partial charge in [0.25, 0.3) is 0 Å². The maximum atomic E-state index is 13.0. The molecule has 162 valence electrons. The van der Waals surface area contributed by atoms with E-state index in [-0.39, 0.29) is 17.6 Å². The Bertz CT molecular complexity index is 847. The lowest BCUT2D eigenvalue weighted by Crippen LogP contribution is -2.48. The molecule has 0 aliphatic rings. The number of rotatable bonds is 11. The van der Waals surface area contributed by atoms with Gasteiger partial charge in [-0.25, -0.2) is 0 Å². The summed E-state index contributed by atoms with van der Waals surface area (Å²) in [7, 11) is 0. The van der Waals surface area contributed by atoms with Gasteiger partial charge in [-0.1, -0.05) is 66.9 Å². The highest BCUT2D eigenvalue weighted by Gasteiger charge is 2.26. The van der Waals surface area contributed by atoms with Gasteiger partial charge in [0, 0.05) is 28.9 Å². The van der Waals surface area contributed by atoms with E-state index in [9.17, 15) is 9.59 Å². The summed E-state index contributed by atoms with van der Waals surface area (Å²) >= 11 is 13.8. The van der Waals surface area contributed by atoms with Crippen LogP contribution in [-0.2, 0) is 21.9 Å². The summed E-state index contributed by atoms with van der Waals surface area (Å²) in [4.78, 5) is 27.3. The molecule has 0 saturated carbocycles. The van der Waals surface area contributed by atoms with Crippen molar-refractivity contribution in [3.05, 3.63) is 69.7 Å². The summed E-state index contributed by atoms with van der Waals surface area (Å²) in [6, 6.07) is 14.4. The second-order valence-corrected chi connectivity index (χ2v) is 8.89. The number of benzene rings is 2. The third-order valence-corrected chi connectivity index (χ3v) is 6.25. The molecule has 2 aromatic rings. The molecule has 1 N–H and O–H groups in total. The molecule has 7 heteroatoms. The van der Waals surface area contributed by atoms with Crippen LogP contribution in [-0.4, -0.2) is 35.1 Å². The number of thioether (sulfide) groups is 1. The van der Waals surface area contributed by atoms with Gasteiger partial charge < -0.3 is 10.2 Å². The summed E-state index contributed by atoms with van der Waals surface area (Å²) in [5.74, 6) is 0.659. The van der Waals surface area contributed by atoms with E-state index in [0.717, 1.165) is 24.0 Å².